The van der Waals surface area contributed by atoms with Crippen LogP contribution in [0.3, 0.4) is 0 Å². The molecule has 0 aromatic heterocycles. The van der Waals surface area contributed by atoms with Crippen LogP contribution in [0.15, 0.2) is 24.3 Å². The maximum Gasteiger partial charge on any atom is 0.0763 e. The van der Waals surface area contributed by atoms with E-state index in [-0.39, 0.29) is 6.10 Å². The molecule has 2 atom stereocenters. The summed E-state index contributed by atoms with van der Waals surface area (Å²) in [4.78, 5) is 0. The number of hydrogen-bond donors (Lipinski definition) is 1. The summed E-state index contributed by atoms with van der Waals surface area (Å²) in [5, 5.41) is 3.58. The maximum absolute atomic E-state index is 5.65. The first-order valence-electron chi connectivity index (χ1n) is 7.66. The topological polar surface area (TPSA) is 21.3 Å². The third-order valence-electron chi connectivity index (χ3n) is 4.35. The van der Waals surface area contributed by atoms with Gasteiger partial charge in [0, 0.05) is 7.11 Å². The van der Waals surface area contributed by atoms with E-state index in [1.54, 1.807) is 0 Å². The first kappa shape index (κ1) is 14.5. The van der Waals surface area contributed by atoms with Crippen molar-refractivity contribution in [3.63, 3.8) is 0 Å². The molecule has 2 nitrogen and oxygen atoms in total. The summed E-state index contributed by atoms with van der Waals surface area (Å²) in [5.41, 5.74) is 2.89. The monoisotopic (exact) mass is 261 g/mol. The van der Waals surface area contributed by atoms with Crippen LogP contribution < -0.4 is 5.32 Å². The Hall–Kier alpha value is -0.860. The first-order chi connectivity index (χ1) is 9.30. The zero-order chi connectivity index (χ0) is 13.7. The molecule has 1 saturated carbocycles. The van der Waals surface area contributed by atoms with Crippen LogP contribution in [0, 0.1) is 0 Å². The van der Waals surface area contributed by atoms with Crippen LogP contribution in [-0.4, -0.2) is 19.8 Å². The molecule has 19 heavy (non-hydrogen) atoms. The van der Waals surface area contributed by atoms with Gasteiger partial charge in [0.2, 0.25) is 0 Å². The van der Waals surface area contributed by atoms with Gasteiger partial charge in [0.05, 0.1) is 12.1 Å². The third kappa shape index (κ3) is 3.37. The minimum atomic E-state index is 0.247. The van der Waals surface area contributed by atoms with Crippen molar-refractivity contribution in [3.8, 4) is 0 Å². The van der Waals surface area contributed by atoms with Gasteiger partial charge in [-0.15, -0.1) is 0 Å². The van der Waals surface area contributed by atoms with E-state index in [0.29, 0.717) is 6.04 Å². The third-order valence-corrected chi connectivity index (χ3v) is 4.35. The van der Waals surface area contributed by atoms with Gasteiger partial charge in [-0.2, -0.15) is 0 Å². The number of rotatable bonds is 7. The number of nitrogens with one attached hydrogen (secondary N) is 1. The summed E-state index contributed by atoms with van der Waals surface area (Å²) in [7, 11) is 1.81. The number of ether oxygens (including phenoxy) is 1. The summed E-state index contributed by atoms with van der Waals surface area (Å²) in [6, 6.07) is 9.41. The van der Waals surface area contributed by atoms with E-state index in [2.05, 4.69) is 43.4 Å². The Morgan fingerprint density at radius 3 is 2.63 bits per heavy atom. The van der Waals surface area contributed by atoms with E-state index in [4.69, 9.17) is 4.74 Å². The fraction of sp³-hybridized carbons (Fsp3) is 0.647. The number of hydrogen-bond acceptors (Lipinski definition) is 2. The lowest BCUT2D eigenvalue weighted by Crippen LogP contribution is -2.33. The van der Waals surface area contributed by atoms with Crippen LogP contribution in [0.25, 0.3) is 0 Å². The van der Waals surface area contributed by atoms with Crippen molar-refractivity contribution in [1.29, 1.82) is 0 Å². The molecule has 0 radical (unpaired) electrons. The molecule has 1 aromatic rings. The average Bonchev–Trinajstić information content (AvgIpc) is 2.37. The Kier molecular flexibility index (Phi) is 5.41. The molecule has 2 heteroatoms. The van der Waals surface area contributed by atoms with Gasteiger partial charge in [0.1, 0.15) is 0 Å². The van der Waals surface area contributed by atoms with E-state index in [0.717, 1.165) is 18.9 Å². The molecular weight excluding hydrogens is 234 g/mol. The second kappa shape index (κ2) is 7.06. The van der Waals surface area contributed by atoms with E-state index < -0.39 is 0 Å². The van der Waals surface area contributed by atoms with Crippen molar-refractivity contribution < 1.29 is 4.74 Å². The van der Waals surface area contributed by atoms with Crippen LogP contribution in [0.1, 0.15) is 62.6 Å². The van der Waals surface area contributed by atoms with Crippen molar-refractivity contribution >= 4 is 0 Å². The van der Waals surface area contributed by atoms with Gasteiger partial charge in [0.15, 0.2) is 0 Å². The Morgan fingerprint density at radius 1 is 1.32 bits per heavy atom. The van der Waals surface area contributed by atoms with E-state index >= 15 is 0 Å². The molecule has 1 aliphatic carbocycles. The van der Waals surface area contributed by atoms with Crippen LogP contribution in [0.4, 0.5) is 0 Å². The smallest absolute Gasteiger partial charge is 0.0763 e. The molecule has 0 amide bonds. The zero-order valence-corrected chi connectivity index (χ0v) is 12.5. The quantitative estimate of drug-likeness (QED) is 0.800. The second-order valence-electron chi connectivity index (χ2n) is 5.52. The molecule has 2 rings (SSSR count). The molecular formula is C17H27NO. The van der Waals surface area contributed by atoms with Gasteiger partial charge in [-0.05, 0) is 42.9 Å². The molecule has 106 valence electrons. The first-order valence-corrected chi connectivity index (χ1v) is 7.66. The van der Waals surface area contributed by atoms with Crippen molar-refractivity contribution in [1.82, 2.24) is 5.32 Å². The highest BCUT2D eigenvalue weighted by Crippen LogP contribution is 2.37. The highest BCUT2D eigenvalue weighted by molar-refractivity contribution is 5.30. The van der Waals surface area contributed by atoms with E-state index in [1.165, 1.54) is 30.4 Å². The summed E-state index contributed by atoms with van der Waals surface area (Å²) in [5.74, 6) is 0.796. The van der Waals surface area contributed by atoms with Crippen LogP contribution >= 0.6 is 0 Å². The number of likely N-dealkylation sites (N-methyl/N-ethyl adjacent to an activating group) is 1. The minimum Gasteiger partial charge on any atom is -0.379 e. The van der Waals surface area contributed by atoms with Crippen molar-refractivity contribution in [3.05, 3.63) is 35.4 Å². The van der Waals surface area contributed by atoms with Crippen molar-refractivity contribution in [2.75, 3.05) is 13.7 Å². The molecule has 0 aliphatic heterocycles. The van der Waals surface area contributed by atoms with Gasteiger partial charge >= 0.3 is 0 Å². The molecule has 1 N–H and O–H groups in total. The Bertz CT molecular complexity index is 383. The molecule has 1 fully saturated rings. The zero-order valence-electron chi connectivity index (χ0n) is 12.5. The predicted octanol–water partition coefficient (Wildman–Crippen LogP) is 4.03. The highest BCUT2D eigenvalue weighted by Gasteiger charge is 2.23. The second-order valence-corrected chi connectivity index (χ2v) is 5.52. The molecule has 1 aromatic carbocycles. The van der Waals surface area contributed by atoms with E-state index in [1.807, 2.05) is 7.11 Å². The standard InChI is InChI=1S/C17H27NO/c1-4-16(19-3)17(18-5-2)15-11-7-10-14(12-15)13-8-6-9-13/h7,10-13,16-18H,4-6,8-9H2,1-3H3. The predicted molar refractivity (Wildman–Crippen MR) is 80.5 cm³/mol. The summed E-state index contributed by atoms with van der Waals surface area (Å²) in [6.45, 7) is 5.32. The summed E-state index contributed by atoms with van der Waals surface area (Å²) < 4.78 is 5.65. The van der Waals surface area contributed by atoms with Gasteiger partial charge in [-0.25, -0.2) is 0 Å². The SMILES string of the molecule is CCNC(c1cccc(C2CCC2)c1)C(CC)OC. The Morgan fingerprint density at radius 2 is 2.11 bits per heavy atom. The number of methoxy groups -OCH3 is 1. The molecule has 0 bridgehead atoms. The van der Waals surface area contributed by atoms with Crippen molar-refractivity contribution in [2.45, 2.75) is 57.6 Å². The van der Waals surface area contributed by atoms with Gasteiger partial charge < -0.3 is 10.1 Å². The van der Waals surface area contributed by atoms with Gasteiger partial charge in [-0.3, -0.25) is 0 Å². The molecule has 0 heterocycles. The molecule has 1 aliphatic rings. The largest absolute Gasteiger partial charge is 0.379 e. The lowest BCUT2D eigenvalue weighted by Gasteiger charge is -2.29. The fourth-order valence-electron chi connectivity index (χ4n) is 2.97. The minimum absolute atomic E-state index is 0.247. The van der Waals surface area contributed by atoms with E-state index in [9.17, 15) is 0 Å². The Labute approximate surface area is 117 Å². The summed E-state index contributed by atoms with van der Waals surface area (Å²) >= 11 is 0. The molecule has 0 spiro atoms. The number of benzene rings is 1. The Balaban J connectivity index is 2.19. The maximum atomic E-state index is 5.65. The van der Waals surface area contributed by atoms with Crippen LogP contribution in [0.2, 0.25) is 0 Å². The lowest BCUT2D eigenvalue weighted by molar-refractivity contribution is 0.0655. The van der Waals surface area contributed by atoms with Gasteiger partial charge in [-0.1, -0.05) is 44.5 Å². The van der Waals surface area contributed by atoms with Gasteiger partial charge in [0.25, 0.3) is 0 Å². The molecule has 2 unspecified atom stereocenters. The van der Waals surface area contributed by atoms with Crippen LogP contribution in [0.5, 0.6) is 0 Å². The van der Waals surface area contributed by atoms with Crippen LogP contribution in [-0.2, 0) is 4.74 Å². The molecule has 0 saturated heterocycles. The highest BCUT2D eigenvalue weighted by atomic mass is 16.5. The average molecular weight is 261 g/mol. The fourth-order valence-corrected chi connectivity index (χ4v) is 2.97. The van der Waals surface area contributed by atoms with Crippen molar-refractivity contribution in [2.24, 2.45) is 0 Å². The normalized spacial score (nSPS) is 18.9. The lowest BCUT2D eigenvalue weighted by atomic mass is 9.79. The summed E-state index contributed by atoms with van der Waals surface area (Å²) in [6.07, 6.45) is 5.38.